The molecule has 0 atom stereocenters. The highest BCUT2D eigenvalue weighted by molar-refractivity contribution is 5.45. The second kappa shape index (κ2) is 3.34. The molecular formula is C10H11F2NO2. The molecule has 0 bridgehead atoms. The first kappa shape index (κ1) is 10.2. The van der Waals surface area contributed by atoms with Crippen LogP contribution in [0.5, 0.6) is 11.5 Å². The van der Waals surface area contributed by atoms with Crippen molar-refractivity contribution in [1.29, 1.82) is 0 Å². The molecule has 5 heteroatoms. The molecule has 3 nitrogen and oxygen atoms in total. The Morgan fingerprint density at radius 1 is 1.20 bits per heavy atom. The van der Waals surface area contributed by atoms with Crippen molar-refractivity contribution in [3.63, 3.8) is 0 Å². The van der Waals surface area contributed by atoms with Gasteiger partial charge in [0.15, 0.2) is 11.5 Å². The van der Waals surface area contributed by atoms with Gasteiger partial charge in [-0.05, 0) is 31.8 Å². The molecule has 0 aliphatic carbocycles. The second-order valence-electron chi connectivity index (χ2n) is 3.69. The van der Waals surface area contributed by atoms with Gasteiger partial charge in [-0.1, -0.05) is 6.07 Å². The minimum absolute atomic E-state index is 0.0857. The van der Waals surface area contributed by atoms with Crippen LogP contribution in [0.1, 0.15) is 5.56 Å². The summed E-state index contributed by atoms with van der Waals surface area (Å²) in [6.45, 7) is 0.669. The van der Waals surface area contributed by atoms with E-state index in [1.54, 1.807) is 12.1 Å². The lowest BCUT2D eigenvalue weighted by Crippen LogP contribution is -2.25. The number of nitrogens with zero attached hydrogens (tertiary/aromatic N) is 1. The lowest BCUT2D eigenvalue weighted by atomic mass is 10.2. The topological polar surface area (TPSA) is 21.7 Å². The van der Waals surface area contributed by atoms with Crippen LogP contribution in [0.15, 0.2) is 18.2 Å². The molecule has 2 rings (SSSR count). The number of hydrogen-bond acceptors (Lipinski definition) is 3. The van der Waals surface area contributed by atoms with Gasteiger partial charge in [0, 0.05) is 6.54 Å². The third-order valence-corrected chi connectivity index (χ3v) is 1.96. The van der Waals surface area contributed by atoms with Crippen molar-refractivity contribution >= 4 is 0 Å². The number of fused-ring (bicyclic) bond motifs is 1. The van der Waals surface area contributed by atoms with Gasteiger partial charge in [-0.3, -0.25) is 0 Å². The number of rotatable bonds is 2. The molecule has 1 aromatic carbocycles. The van der Waals surface area contributed by atoms with Crippen LogP contribution in [0.2, 0.25) is 0 Å². The Bertz CT molecular complexity index is 380. The maximum atomic E-state index is 12.7. The zero-order chi connectivity index (χ0) is 11.1. The van der Waals surface area contributed by atoms with E-state index in [1.807, 2.05) is 19.0 Å². The summed E-state index contributed by atoms with van der Waals surface area (Å²) < 4.78 is 34.0. The van der Waals surface area contributed by atoms with Gasteiger partial charge in [0.25, 0.3) is 0 Å². The molecule has 0 amide bonds. The summed E-state index contributed by atoms with van der Waals surface area (Å²) in [6, 6.07) is 4.80. The molecule has 0 radical (unpaired) electrons. The van der Waals surface area contributed by atoms with E-state index in [4.69, 9.17) is 0 Å². The zero-order valence-electron chi connectivity index (χ0n) is 8.46. The molecule has 1 aliphatic rings. The molecule has 1 heterocycles. The summed E-state index contributed by atoms with van der Waals surface area (Å²) >= 11 is 0. The Hall–Kier alpha value is -1.36. The van der Waals surface area contributed by atoms with Gasteiger partial charge in [0.1, 0.15) is 0 Å². The van der Waals surface area contributed by atoms with Crippen LogP contribution in [0.4, 0.5) is 8.78 Å². The van der Waals surface area contributed by atoms with E-state index >= 15 is 0 Å². The summed E-state index contributed by atoms with van der Waals surface area (Å²) in [4.78, 5) is 1.94. The maximum Gasteiger partial charge on any atom is 0.586 e. The van der Waals surface area contributed by atoms with Gasteiger partial charge >= 0.3 is 6.29 Å². The highest BCUT2D eigenvalue weighted by Gasteiger charge is 2.43. The highest BCUT2D eigenvalue weighted by atomic mass is 19.3. The summed E-state index contributed by atoms with van der Waals surface area (Å²) in [7, 11) is 3.80. The van der Waals surface area contributed by atoms with E-state index < -0.39 is 6.29 Å². The molecular weight excluding hydrogens is 204 g/mol. The van der Waals surface area contributed by atoms with Gasteiger partial charge in [-0.15, -0.1) is 8.78 Å². The Morgan fingerprint density at radius 3 is 2.53 bits per heavy atom. The van der Waals surface area contributed by atoms with Crippen LogP contribution in [0, 0.1) is 0 Å². The van der Waals surface area contributed by atoms with Crippen LogP contribution >= 0.6 is 0 Å². The lowest BCUT2D eigenvalue weighted by molar-refractivity contribution is -0.286. The number of ether oxygens (including phenoxy) is 2. The molecule has 1 aromatic rings. The van der Waals surface area contributed by atoms with Gasteiger partial charge in [-0.2, -0.15) is 0 Å². The summed E-state index contributed by atoms with van der Waals surface area (Å²) in [5.41, 5.74) is 0.903. The molecule has 0 unspecified atom stereocenters. The molecule has 0 N–H and O–H groups in total. The number of halogens is 2. The van der Waals surface area contributed by atoms with Crippen molar-refractivity contribution < 1.29 is 18.3 Å². The first-order valence-electron chi connectivity index (χ1n) is 4.50. The molecule has 0 saturated carbocycles. The fourth-order valence-electron chi connectivity index (χ4n) is 1.46. The standard InChI is InChI=1S/C10H11F2NO2/c1-13(2)6-7-3-4-8-9(5-7)15-10(11,12)14-8/h3-5H,6H2,1-2H3. The first-order chi connectivity index (χ1) is 6.96. The molecule has 0 aromatic heterocycles. The van der Waals surface area contributed by atoms with Gasteiger partial charge in [0.2, 0.25) is 0 Å². The lowest BCUT2D eigenvalue weighted by Gasteiger charge is -2.09. The van der Waals surface area contributed by atoms with Crippen molar-refractivity contribution in [3.8, 4) is 11.5 Å². The predicted molar refractivity (Wildman–Crippen MR) is 50.0 cm³/mol. The van der Waals surface area contributed by atoms with Crippen molar-refractivity contribution in [2.45, 2.75) is 12.8 Å². The number of benzene rings is 1. The van der Waals surface area contributed by atoms with E-state index in [-0.39, 0.29) is 11.5 Å². The Kier molecular flexibility index (Phi) is 2.26. The van der Waals surface area contributed by atoms with Crippen LogP contribution in [0.25, 0.3) is 0 Å². The molecule has 0 fully saturated rings. The smallest absolute Gasteiger partial charge is 0.395 e. The molecule has 1 aliphatic heterocycles. The number of hydrogen-bond donors (Lipinski definition) is 0. The third kappa shape index (κ3) is 2.18. The predicted octanol–water partition coefficient (Wildman–Crippen LogP) is 2.07. The van der Waals surface area contributed by atoms with E-state index in [2.05, 4.69) is 9.47 Å². The average Bonchev–Trinajstić information content (AvgIpc) is 2.36. The largest absolute Gasteiger partial charge is 0.586 e. The van der Waals surface area contributed by atoms with Gasteiger partial charge in [-0.25, -0.2) is 0 Å². The summed E-state index contributed by atoms with van der Waals surface area (Å²) in [5, 5.41) is 0. The fourth-order valence-corrected chi connectivity index (χ4v) is 1.46. The Morgan fingerprint density at radius 2 is 1.87 bits per heavy atom. The minimum Gasteiger partial charge on any atom is -0.395 e. The first-order valence-corrected chi connectivity index (χ1v) is 4.50. The van der Waals surface area contributed by atoms with E-state index in [1.165, 1.54) is 6.07 Å². The maximum absolute atomic E-state index is 12.7. The van der Waals surface area contributed by atoms with E-state index in [0.717, 1.165) is 5.56 Å². The van der Waals surface area contributed by atoms with Crippen molar-refractivity contribution in [2.75, 3.05) is 14.1 Å². The van der Waals surface area contributed by atoms with E-state index in [0.29, 0.717) is 6.54 Å². The minimum atomic E-state index is -3.53. The van der Waals surface area contributed by atoms with Crippen LogP contribution in [-0.4, -0.2) is 25.3 Å². The Labute approximate surface area is 86.2 Å². The van der Waals surface area contributed by atoms with Gasteiger partial charge in [0.05, 0.1) is 0 Å². The van der Waals surface area contributed by atoms with Crippen molar-refractivity contribution in [2.24, 2.45) is 0 Å². The molecule has 82 valence electrons. The SMILES string of the molecule is CN(C)Cc1ccc2c(c1)OC(F)(F)O2. The normalized spacial score (nSPS) is 17.1. The summed E-state index contributed by atoms with van der Waals surface area (Å²) in [5.74, 6) is 0.182. The van der Waals surface area contributed by atoms with Crippen molar-refractivity contribution in [1.82, 2.24) is 4.90 Å². The van der Waals surface area contributed by atoms with Crippen LogP contribution in [0.3, 0.4) is 0 Å². The Balaban J connectivity index is 2.23. The van der Waals surface area contributed by atoms with Crippen LogP contribution < -0.4 is 9.47 Å². The van der Waals surface area contributed by atoms with E-state index in [9.17, 15) is 8.78 Å². The second-order valence-corrected chi connectivity index (χ2v) is 3.69. The average molecular weight is 215 g/mol. The molecule has 15 heavy (non-hydrogen) atoms. The number of alkyl halides is 2. The summed E-state index contributed by atoms with van der Waals surface area (Å²) in [6.07, 6.45) is -3.53. The third-order valence-electron chi connectivity index (χ3n) is 1.96. The fraction of sp³-hybridized carbons (Fsp3) is 0.400. The highest BCUT2D eigenvalue weighted by Crippen LogP contribution is 2.41. The molecule has 0 spiro atoms. The quantitative estimate of drug-likeness (QED) is 0.753. The monoisotopic (exact) mass is 215 g/mol. The zero-order valence-corrected chi connectivity index (χ0v) is 8.46. The van der Waals surface area contributed by atoms with Crippen molar-refractivity contribution in [3.05, 3.63) is 23.8 Å². The van der Waals surface area contributed by atoms with Gasteiger partial charge < -0.3 is 14.4 Å². The van der Waals surface area contributed by atoms with Crippen LogP contribution in [-0.2, 0) is 6.54 Å². The molecule has 0 saturated heterocycles.